The van der Waals surface area contributed by atoms with Gasteiger partial charge in [0.25, 0.3) is 5.91 Å². The van der Waals surface area contributed by atoms with E-state index in [1.807, 2.05) is 42.5 Å². The predicted molar refractivity (Wildman–Crippen MR) is 84.8 cm³/mol. The van der Waals surface area contributed by atoms with E-state index in [2.05, 4.69) is 0 Å². The minimum absolute atomic E-state index is 0.0770. The highest BCUT2D eigenvalue weighted by molar-refractivity contribution is 6.30. The molecule has 0 aromatic heterocycles. The molecule has 4 heteroatoms. The lowest BCUT2D eigenvalue weighted by Gasteiger charge is -2.22. The van der Waals surface area contributed by atoms with Crippen molar-refractivity contribution in [3.05, 3.63) is 64.7 Å². The summed E-state index contributed by atoms with van der Waals surface area (Å²) in [5, 5.41) is 0.624. The highest BCUT2D eigenvalue weighted by Crippen LogP contribution is 2.29. The molecule has 3 nitrogen and oxygen atoms in total. The molecule has 0 saturated carbocycles. The fourth-order valence-corrected chi connectivity index (χ4v) is 2.44. The van der Waals surface area contributed by atoms with Gasteiger partial charge in [0.2, 0.25) is 0 Å². The van der Waals surface area contributed by atoms with Gasteiger partial charge in [-0.1, -0.05) is 29.8 Å². The number of para-hydroxylation sites is 1. The summed E-state index contributed by atoms with van der Waals surface area (Å²) in [6, 6.07) is 14.9. The molecule has 0 unspecified atom stereocenters. The molecule has 0 fully saturated rings. The summed E-state index contributed by atoms with van der Waals surface area (Å²) in [6.45, 7) is 0.268. The fourth-order valence-electron chi connectivity index (χ4n) is 2.26. The summed E-state index contributed by atoms with van der Waals surface area (Å²) in [5.41, 5.74) is 2.29. The zero-order valence-electron chi connectivity index (χ0n) is 11.5. The van der Waals surface area contributed by atoms with Crippen LogP contribution in [-0.4, -0.2) is 19.6 Å². The second kappa shape index (κ2) is 5.62. The Morgan fingerprint density at radius 2 is 1.95 bits per heavy atom. The van der Waals surface area contributed by atoms with Crippen LogP contribution < -0.4 is 9.64 Å². The first-order chi connectivity index (χ1) is 10.1. The lowest BCUT2D eigenvalue weighted by atomic mass is 10.1. The molecule has 106 valence electrons. The summed E-state index contributed by atoms with van der Waals surface area (Å²) in [6.07, 6.45) is 1.84. The quantitative estimate of drug-likeness (QED) is 0.844. The second-order valence-corrected chi connectivity index (χ2v) is 5.28. The summed E-state index contributed by atoms with van der Waals surface area (Å²) in [4.78, 5) is 14.2. The average Bonchev–Trinajstić information content (AvgIpc) is 2.53. The highest BCUT2D eigenvalue weighted by atomic mass is 35.5. The van der Waals surface area contributed by atoms with Gasteiger partial charge in [-0.2, -0.15) is 0 Å². The lowest BCUT2D eigenvalue weighted by Crippen LogP contribution is -2.30. The molecule has 1 amide bonds. The zero-order valence-corrected chi connectivity index (χ0v) is 12.3. The molecule has 0 atom stereocenters. The maximum atomic E-state index is 12.5. The van der Waals surface area contributed by atoms with E-state index in [1.54, 1.807) is 24.1 Å². The van der Waals surface area contributed by atoms with Crippen molar-refractivity contribution in [3.63, 3.8) is 0 Å². The van der Waals surface area contributed by atoms with Crippen molar-refractivity contribution in [2.75, 3.05) is 18.6 Å². The molecule has 0 saturated heterocycles. The van der Waals surface area contributed by atoms with E-state index >= 15 is 0 Å². The first kappa shape index (κ1) is 13.7. The third-order valence-electron chi connectivity index (χ3n) is 3.41. The van der Waals surface area contributed by atoms with E-state index in [4.69, 9.17) is 16.3 Å². The number of halogens is 1. The normalized spacial score (nSPS) is 13.0. The van der Waals surface area contributed by atoms with Gasteiger partial charge < -0.3 is 9.64 Å². The van der Waals surface area contributed by atoms with Gasteiger partial charge in [-0.05, 0) is 36.4 Å². The Morgan fingerprint density at radius 1 is 1.19 bits per heavy atom. The van der Waals surface area contributed by atoms with Crippen LogP contribution >= 0.6 is 11.6 Å². The van der Waals surface area contributed by atoms with Crippen molar-refractivity contribution in [1.82, 2.24) is 0 Å². The van der Waals surface area contributed by atoms with Crippen LogP contribution in [0.3, 0.4) is 0 Å². The summed E-state index contributed by atoms with van der Waals surface area (Å²) in [7, 11) is 1.76. The number of amides is 1. The number of fused-ring (bicyclic) bond motifs is 1. The van der Waals surface area contributed by atoms with Gasteiger partial charge in [0.1, 0.15) is 12.4 Å². The van der Waals surface area contributed by atoms with Crippen LogP contribution in [0, 0.1) is 0 Å². The predicted octanol–water partition coefficient (Wildman–Crippen LogP) is 3.78. The smallest absolute Gasteiger partial charge is 0.257 e. The molecule has 1 aliphatic heterocycles. The van der Waals surface area contributed by atoms with Crippen molar-refractivity contribution >= 4 is 29.3 Å². The van der Waals surface area contributed by atoms with Crippen LogP contribution in [0.1, 0.15) is 5.56 Å². The standard InChI is InChI=1S/C17H14ClNO2/c1-19(15-5-3-2-4-6-15)17(20)13-9-12-10-14(18)7-8-16(12)21-11-13/h2-10H,11H2,1H3. The molecule has 0 N–H and O–H groups in total. The lowest BCUT2D eigenvalue weighted by molar-refractivity contribution is -0.115. The second-order valence-electron chi connectivity index (χ2n) is 4.84. The van der Waals surface area contributed by atoms with Crippen LogP contribution in [0.25, 0.3) is 6.08 Å². The van der Waals surface area contributed by atoms with E-state index in [0.29, 0.717) is 10.6 Å². The van der Waals surface area contributed by atoms with Crippen molar-refractivity contribution in [3.8, 4) is 5.75 Å². The van der Waals surface area contributed by atoms with E-state index in [9.17, 15) is 4.79 Å². The number of ether oxygens (including phenoxy) is 1. The van der Waals surface area contributed by atoms with Crippen molar-refractivity contribution in [2.24, 2.45) is 0 Å². The first-order valence-electron chi connectivity index (χ1n) is 6.61. The Bertz CT molecular complexity index is 710. The molecule has 0 spiro atoms. The molecular weight excluding hydrogens is 286 g/mol. The van der Waals surface area contributed by atoms with Crippen molar-refractivity contribution < 1.29 is 9.53 Å². The summed E-state index contributed by atoms with van der Waals surface area (Å²) < 4.78 is 5.62. The van der Waals surface area contributed by atoms with Gasteiger partial charge in [0.05, 0.1) is 5.57 Å². The van der Waals surface area contributed by atoms with Crippen LogP contribution in [0.5, 0.6) is 5.75 Å². The number of carbonyl (C=O) groups excluding carboxylic acids is 1. The van der Waals surface area contributed by atoms with Crippen LogP contribution in [0.4, 0.5) is 5.69 Å². The largest absolute Gasteiger partial charge is 0.488 e. The molecule has 2 aromatic carbocycles. The number of hydrogen-bond donors (Lipinski definition) is 0. The minimum Gasteiger partial charge on any atom is -0.488 e. The number of rotatable bonds is 2. The number of likely N-dealkylation sites (N-methyl/N-ethyl adjacent to an activating group) is 1. The van der Waals surface area contributed by atoms with E-state index in [1.165, 1.54) is 0 Å². The van der Waals surface area contributed by atoms with Crippen LogP contribution in [-0.2, 0) is 4.79 Å². The highest BCUT2D eigenvalue weighted by Gasteiger charge is 2.21. The van der Waals surface area contributed by atoms with Crippen molar-refractivity contribution in [1.29, 1.82) is 0 Å². The Labute approximate surface area is 128 Å². The maximum Gasteiger partial charge on any atom is 0.257 e. The molecule has 1 heterocycles. The maximum absolute atomic E-state index is 12.5. The van der Waals surface area contributed by atoms with Gasteiger partial charge in [0, 0.05) is 23.3 Å². The topological polar surface area (TPSA) is 29.5 Å². The summed E-state index contributed by atoms with van der Waals surface area (Å²) in [5.74, 6) is 0.671. The Hall–Kier alpha value is -2.26. The van der Waals surface area contributed by atoms with Gasteiger partial charge in [-0.3, -0.25) is 4.79 Å². The molecular formula is C17H14ClNO2. The number of hydrogen-bond acceptors (Lipinski definition) is 2. The first-order valence-corrected chi connectivity index (χ1v) is 6.99. The molecule has 21 heavy (non-hydrogen) atoms. The molecule has 3 rings (SSSR count). The average molecular weight is 300 g/mol. The summed E-state index contributed by atoms with van der Waals surface area (Å²) >= 11 is 5.98. The molecule has 0 bridgehead atoms. The Balaban J connectivity index is 1.89. The van der Waals surface area contributed by atoms with Gasteiger partial charge in [-0.15, -0.1) is 0 Å². The third kappa shape index (κ3) is 2.78. The zero-order chi connectivity index (χ0) is 14.8. The molecule has 0 radical (unpaired) electrons. The number of benzene rings is 2. The molecule has 1 aliphatic rings. The minimum atomic E-state index is -0.0770. The fraction of sp³-hybridized carbons (Fsp3) is 0.118. The number of anilines is 1. The third-order valence-corrected chi connectivity index (χ3v) is 3.64. The van der Waals surface area contributed by atoms with Gasteiger partial charge in [0.15, 0.2) is 0 Å². The monoisotopic (exact) mass is 299 g/mol. The van der Waals surface area contributed by atoms with Gasteiger partial charge in [-0.25, -0.2) is 0 Å². The molecule has 0 aliphatic carbocycles. The van der Waals surface area contributed by atoms with Crippen LogP contribution in [0.2, 0.25) is 5.02 Å². The number of nitrogens with zero attached hydrogens (tertiary/aromatic N) is 1. The van der Waals surface area contributed by atoms with Crippen molar-refractivity contribution in [2.45, 2.75) is 0 Å². The van der Waals surface area contributed by atoms with Gasteiger partial charge >= 0.3 is 0 Å². The van der Waals surface area contributed by atoms with Crippen LogP contribution in [0.15, 0.2) is 54.1 Å². The Kier molecular flexibility index (Phi) is 3.67. The number of carbonyl (C=O) groups is 1. The van der Waals surface area contributed by atoms with E-state index in [0.717, 1.165) is 17.0 Å². The van der Waals surface area contributed by atoms with E-state index in [-0.39, 0.29) is 12.5 Å². The SMILES string of the molecule is CN(C(=O)C1=Cc2cc(Cl)ccc2OC1)c1ccccc1. The molecule has 2 aromatic rings. The Morgan fingerprint density at radius 3 is 2.71 bits per heavy atom. The van der Waals surface area contributed by atoms with E-state index < -0.39 is 0 Å².